The summed E-state index contributed by atoms with van der Waals surface area (Å²) in [4.78, 5) is 8.93. The van der Waals surface area contributed by atoms with E-state index in [0.29, 0.717) is 0 Å². The summed E-state index contributed by atoms with van der Waals surface area (Å²) in [6.45, 7) is 0. The van der Waals surface area contributed by atoms with Gasteiger partial charge in [0, 0.05) is 0 Å². The van der Waals surface area contributed by atoms with Crippen molar-refractivity contribution in [1.29, 1.82) is 5.26 Å². The number of nitro groups is 1. The molecule has 0 saturated carbocycles. The predicted molar refractivity (Wildman–Crippen MR) is 72.9 cm³/mol. The van der Waals surface area contributed by atoms with Gasteiger partial charge in [0.25, 0.3) is 10.0 Å². The molecule has 1 aromatic carbocycles. The first-order valence-electron chi connectivity index (χ1n) is 5.30. The van der Waals surface area contributed by atoms with Crippen LogP contribution in [0.4, 0.5) is 15.1 Å². The minimum Gasteiger partial charge on any atom is -0.269 e. The maximum Gasteiger partial charge on any atom is 0.325 e. The van der Waals surface area contributed by atoms with E-state index in [2.05, 4.69) is 4.72 Å². The minimum absolute atomic E-state index is 0.0102. The van der Waals surface area contributed by atoms with Crippen LogP contribution < -0.4 is 4.72 Å². The number of benzene rings is 1. The lowest BCUT2D eigenvalue weighted by molar-refractivity contribution is -0.390. The first-order valence-corrected chi connectivity index (χ1v) is 7.66. The van der Waals surface area contributed by atoms with Crippen LogP contribution in [0.25, 0.3) is 0 Å². The van der Waals surface area contributed by atoms with Gasteiger partial charge in [0.1, 0.15) is 11.1 Å². The molecule has 0 aliphatic heterocycles. The van der Waals surface area contributed by atoms with Gasteiger partial charge >= 0.3 is 5.69 Å². The Kier molecular flexibility index (Phi) is 3.88. The second-order valence-corrected chi connectivity index (χ2v) is 6.29. The summed E-state index contributed by atoms with van der Waals surface area (Å²) in [5.41, 5.74) is -1.07. The minimum atomic E-state index is -4.39. The van der Waals surface area contributed by atoms with Crippen molar-refractivity contribution < 1.29 is 17.7 Å². The van der Waals surface area contributed by atoms with E-state index in [1.54, 1.807) is 6.07 Å². The van der Waals surface area contributed by atoms with Crippen LogP contribution in [0.1, 0.15) is 5.56 Å². The lowest BCUT2D eigenvalue weighted by Crippen LogP contribution is -2.15. The van der Waals surface area contributed by atoms with E-state index in [1.165, 1.54) is 11.4 Å². The average Bonchev–Trinajstić information content (AvgIpc) is 2.84. The average molecular weight is 327 g/mol. The summed E-state index contributed by atoms with van der Waals surface area (Å²) in [6.07, 6.45) is 0. The maximum atomic E-state index is 13.5. The molecule has 0 aliphatic carbocycles. The Morgan fingerprint density at radius 2 is 2.10 bits per heavy atom. The number of nitriles is 1. The van der Waals surface area contributed by atoms with Crippen molar-refractivity contribution in [1.82, 2.24) is 0 Å². The van der Waals surface area contributed by atoms with Crippen LogP contribution >= 0.6 is 11.3 Å². The Labute approximate surface area is 122 Å². The number of para-hydroxylation sites is 1. The smallest absolute Gasteiger partial charge is 0.269 e. The van der Waals surface area contributed by atoms with Crippen molar-refractivity contribution in [3.8, 4) is 6.07 Å². The number of rotatable bonds is 4. The standard InChI is InChI=1S/C11H6FN3O4S2/c12-8-2-1-3-9(10(8)15(16)17)21(18,19)14-11-7(6-13)4-5-20-11/h1-5,14H. The molecule has 0 bridgehead atoms. The van der Waals surface area contributed by atoms with Crippen molar-refractivity contribution in [3.05, 3.63) is 51.1 Å². The number of hydrogen-bond donors (Lipinski definition) is 1. The topological polar surface area (TPSA) is 113 Å². The van der Waals surface area contributed by atoms with Crippen molar-refractivity contribution in [2.45, 2.75) is 4.90 Å². The van der Waals surface area contributed by atoms with Crippen LogP contribution in [0.2, 0.25) is 0 Å². The molecular formula is C11H6FN3O4S2. The SMILES string of the molecule is N#Cc1ccsc1NS(=O)(=O)c1cccc(F)c1[N+](=O)[O-]. The number of thiophene rings is 1. The van der Waals surface area contributed by atoms with E-state index in [4.69, 9.17) is 5.26 Å². The van der Waals surface area contributed by atoms with Gasteiger partial charge < -0.3 is 0 Å². The Hall–Kier alpha value is -2.51. The number of halogens is 1. The van der Waals surface area contributed by atoms with Crippen LogP contribution in [0, 0.1) is 27.3 Å². The van der Waals surface area contributed by atoms with E-state index >= 15 is 0 Å². The first kappa shape index (κ1) is 14.9. The molecule has 1 heterocycles. The highest BCUT2D eigenvalue weighted by molar-refractivity contribution is 7.93. The molecular weight excluding hydrogens is 321 g/mol. The van der Waals surface area contributed by atoms with E-state index in [9.17, 15) is 22.9 Å². The third-order valence-corrected chi connectivity index (χ3v) is 4.77. The zero-order valence-electron chi connectivity index (χ0n) is 10.1. The monoisotopic (exact) mass is 327 g/mol. The fourth-order valence-electron chi connectivity index (χ4n) is 1.54. The lowest BCUT2D eigenvalue weighted by Gasteiger charge is -2.07. The molecule has 21 heavy (non-hydrogen) atoms. The summed E-state index contributed by atoms with van der Waals surface area (Å²) in [7, 11) is -4.39. The second-order valence-electron chi connectivity index (χ2n) is 3.72. The summed E-state index contributed by atoms with van der Waals surface area (Å²) in [6, 6.07) is 5.93. The number of hydrogen-bond acceptors (Lipinski definition) is 6. The number of nitro benzene ring substituents is 1. The summed E-state index contributed by atoms with van der Waals surface area (Å²) >= 11 is 0.938. The molecule has 108 valence electrons. The van der Waals surface area contributed by atoms with Gasteiger partial charge in [-0.25, -0.2) is 8.42 Å². The molecule has 2 rings (SSSR count). The van der Waals surface area contributed by atoms with E-state index in [0.717, 1.165) is 29.5 Å². The van der Waals surface area contributed by atoms with E-state index in [1.807, 2.05) is 0 Å². The fraction of sp³-hybridized carbons (Fsp3) is 0. The van der Waals surface area contributed by atoms with Crippen LogP contribution in [0.5, 0.6) is 0 Å². The summed E-state index contributed by atoms with van der Waals surface area (Å²) in [5.74, 6) is -1.26. The number of anilines is 1. The first-order chi connectivity index (χ1) is 9.86. The number of sulfonamides is 1. The van der Waals surface area contributed by atoms with Gasteiger partial charge in [0.15, 0.2) is 4.90 Å². The number of nitrogens with zero attached hydrogens (tertiary/aromatic N) is 2. The highest BCUT2D eigenvalue weighted by atomic mass is 32.2. The largest absolute Gasteiger partial charge is 0.325 e. The highest BCUT2D eigenvalue weighted by Crippen LogP contribution is 2.30. The molecule has 0 aliphatic rings. The second kappa shape index (κ2) is 5.47. The van der Waals surface area contributed by atoms with Gasteiger partial charge in [-0.05, 0) is 23.6 Å². The quantitative estimate of drug-likeness (QED) is 0.684. The summed E-state index contributed by atoms with van der Waals surface area (Å²) < 4.78 is 39.8. The Balaban J connectivity index is 2.54. The molecule has 0 amide bonds. The third kappa shape index (κ3) is 2.83. The Morgan fingerprint density at radius 1 is 1.38 bits per heavy atom. The molecule has 0 fully saturated rings. The van der Waals surface area contributed by atoms with E-state index in [-0.39, 0.29) is 10.6 Å². The molecule has 2 aromatic rings. The van der Waals surface area contributed by atoms with Crippen molar-refractivity contribution in [3.63, 3.8) is 0 Å². The third-order valence-electron chi connectivity index (χ3n) is 2.43. The van der Waals surface area contributed by atoms with Crippen LogP contribution in [-0.2, 0) is 10.0 Å². The molecule has 0 saturated heterocycles. The molecule has 1 N–H and O–H groups in total. The van der Waals surface area contributed by atoms with E-state index < -0.39 is 31.3 Å². The van der Waals surface area contributed by atoms with Gasteiger partial charge in [-0.1, -0.05) is 6.07 Å². The number of nitrogens with one attached hydrogen (secondary N) is 1. The molecule has 0 unspecified atom stereocenters. The molecule has 7 nitrogen and oxygen atoms in total. The zero-order chi connectivity index (χ0) is 15.6. The van der Waals surface area contributed by atoms with Crippen molar-refractivity contribution >= 4 is 32.0 Å². The van der Waals surface area contributed by atoms with Gasteiger partial charge in [0.2, 0.25) is 5.82 Å². The molecule has 1 aromatic heterocycles. The van der Waals surface area contributed by atoms with Crippen LogP contribution in [0.3, 0.4) is 0 Å². The maximum absolute atomic E-state index is 13.5. The van der Waals surface area contributed by atoms with Crippen LogP contribution in [0.15, 0.2) is 34.5 Å². The molecule has 0 radical (unpaired) electrons. The molecule has 10 heteroatoms. The van der Waals surface area contributed by atoms with Crippen molar-refractivity contribution in [2.75, 3.05) is 4.72 Å². The lowest BCUT2D eigenvalue weighted by atomic mass is 10.3. The Morgan fingerprint density at radius 3 is 2.71 bits per heavy atom. The summed E-state index contributed by atoms with van der Waals surface area (Å²) in [5, 5.41) is 21.1. The fourth-order valence-corrected chi connectivity index (χ4v) is 3.79. The van der Waals surface area contributed by atoms with Gasteiger partial charge in [-0.15, -0.1) is 11.3 Å². The Bertz CT molecular complexity index is 855. The predicted octanol–water partition coefficient (Wildman–Crippen LogP) is 2.47. The zero-order valence-corrected chi connectivity index (χ0v) is 11.7. The van der Waals surface area contributed by atoms with Gasteiger partial charge in [-0.3, -0.25) is 14.8 Å². The molecule has 0 atom stereocenters. The van der Waals surface area contributed by atoms with Crippen LogP contribution in [-0.4, -0.2) is 13.3 Å². The highest BCUT2D eigenvalue weighted by Gasteiger charge is 2.30. The van der Waals surface area contributed by atoms with Crippen molar-refractivity contribution in [2.24, 2.45) is 0 Å². The molecule has 0 spiro atoms. The normalized spacial score (nSPS) is 10.9. The van der Waals surface area contributed by atoms with Gasteiger partial charge in [-0.2, -0.15) is 9.65 Å². The van der Waals surface area contributed by atoms with Gasteiger partial charge in [0.05, 0.1) is 10.5 Å².